The molecule has 0 saturated carbocycles. The highest BCUT2D eigenvalue weighted by Gasteiger charge is 2.43. The first-order chi connectivity index (χ1) is 16.0. The van der Waals surface area contributed by atoms with Crippen LogP contribution >= 0.6 is 0 Å². The molecule has 0 bridgehead atoms. The van der Waals surface area contributed by atoms with E-state index in [2.05, 4.69) is 20.9 Å². The van der Waals surface area contributed by atoms with Crippen molar-refractivity contribution < 1.29 is 27.4 Å². The molecule has 0 aliphatic heterocycles. The third-order valence-electron chi connectivity index (χ3n) is 5.13. The SMILES string of the molecule is COc1ccc(NC[C@H](C)NC(=O)[C@H](CC(C)C)N[C@@H](c2cccnc2)C(F)(F)F)c(OC)c1. The van der Waals surface area contributed by atoms with E-state index in [1.807, 2.05) is 13.8 Å². The molecular formula is C24H33F3N4O3. The highest BCUT2D eigenvalue weighted by Crippen LogP contribution is 2.33. The fourth-order valence-electron chi connectivity index (χ4n) is 3.45. The van der Waals surface area contributed by atoms with Crippen LogP contribution in [0.1, 0.15) is 38.8 Å². The number of benzene rings is 1. The quantitative estimate of drug-likeness (QED) is 0.418. The largest absolute Gasteiger partial charge is 0.497 e. The number of ether oxygens (including phenoxy) is 2. The molecule has 0 spiro atoms. The minimum atomic E-state index is -4.59. The van der Waals surface area contributed by atoms with E-state index in [-0.39, 0.29) is 23.9 Å². The summed E-state index contributed by atoms with van der Waals surface area (Å²) in [4.78, 5) is 16.8. The highest BCUT2D eigenvalue weighted by molar-refractivity contribution is 5.82. The minimum Gasteiger partial charge on any atom is -0.497 e. The number of hydrogen-bond acceptors (Lipinski definition) is 6. The van der Waals surface area contributed by atoms with Crippen LogP contribution in [-0.2, 0) is 4.79 Å². The van der Waals surface area contributed by atoms with Crippen molar-refractivity contribution in [1.82, 2.24) is 15.6 Å². The molecule has 0 saturated heterocycles. The molecule has 7 nitrogen and oxygen atoms in total. The Bertz CT molecular complexity index is 910. The second kappa shape index (κ2) is 12.5. The smallest absolute Gasteiger partial charge is 0.407 e. The van der Waals surface area contributed by atoms with Crippen molar-refractivity contribution >= 4 is 11.6 Å². The maximum atomic E-state index is 13.8. The zero-order chi connectivity index (χ0) is 25.3. The molecule has 0 radical (unpaired) electrons. The van der Waals surface area contributed by atoms with Gasteiger partial charge in [-0.2, -0.15) is 13.2 Å². The van der Waals surface area contributed by atoms with Crippen LogP contribution in [0.15, 0.2) is 42.7 Å². The summed E-state index contributed by atoms with van der Waals surface area (Å²) in [6.45, 7) is 5.83. The molecule has 3 N–H and O–H groups in total. The molecule has 0 unspecified atom stereocenters. The summed E-state index contributed by atoms with van der Waals surface area (Å²) in [5.74, 6) is 0.715. The van der Waals surface area contributed by atoms with E-state index in [4.69, 9.17) is 9.47 Å². The van der Waals surface area contributed by atoms with Crippen molar-refractivity contribution in [2.45, 2.75) is 51.5 Å². The average molecular weight is 483 g/mol. The molecule has 1 aromatic carbocycles. The molecular weight excluding hydrogens is 449 g/mol. The van der Waals surface area contributed by atoms with Gasteiger partial charge in [0, 0.05) is 31.0 Å². The van der Waals surface area contributed by atoms with Gasteiger partial charge in [-0.15, -0.1) is 0 Å². The molecule has 2 aromatic rings. The second-order valence-corrected chi connectivity index (χ2v) is 8.47. The Morgan fingerprint density at radius 1 is 1.12 bits per heavy atom. The zero-order valence-corrected chi connectivity index (χ0v) is 20.1. The van der Waals surface area contributed by atoms with Gasteiger partial charge in [-0.1, -0.05) is 19.9 Å². The number of halogens is 3. The van der Waals surface area contributed by atoms with Crippen molar-refractivity contribution in [1.29, 1.82) is 0 Å². The van der Waals surface area contributed by atoms with Crippen molar-refractivity contribution in [3.63, 3.8) is 0 Å². The molecule has 188 valence electrons. The Morgan fingerprint density at radius 3 is 2.41 bits per heavy atom. The Balaban J connectivity index is 2.08. The first-order valence-electron chi connectivity index (χ1n) is 11.0. The lowest BCUT2D eigenvalue weighted by Crippen LogP contribution is -2.52. The predicted molar refractivity (Wildman–Crippen MR) is 125 cm³/mol. The van der Waals surface area contributed by atoms with Gasteiger partial charge in [-0.25, -0.2) is 0 Å². The molecule has 1 heterocycles. The maximum Gasteiger partial charge on any atom is 0.407 e. The zero-order valence-electron chi connectivity index (χ0n) is 20.1. The van der Waals surface area contributed by atoms with Gasteiger partial charge in [0.1, 0.15) is 17.5 Å². The highest BCUT2D eigenvalue weighted by atomic mass is 19.4. The van der Waals surface area contributed by atoms with Crippen LogP contribution in [0, 0.1) is 5.92 Å². The van der Waals surface area contributed by atoms with E-state index in [0.717, 1.165) is 6.20 Å². The van der Waals surface area contributed by atoms with Gasteiger partial charge >= 0.3 is 6.18 Å². The van der Waals surface area contributed by atoms with Crippen LogP contribution < -0.4 is 25.4 Å². The van der Waals surface area contributed by atoms with Crippen molar-refractivity contribution in [2.24, 2.45) is 5.92 Å². The topological polar surface area (TPSA) is 84.5 Å². The number of hydrogen-bond donors (Lipinski definition) is 3. The number of anilines is 1. The van der Waals surface area contributed by atoms with Gasteiger partial charge in [0.05, 0.1) is 25.9 Å². The third-order valence-corrected chi connectivity index (χ3v) is 5.13. The normalized spacial score (nSPS) is 14.3. The van der Waals surface area contributed by atoms with E-state index in [0.29, 0.717) is 23.7 Å². The fraction of sp³-hybridized carbons (Fsp3) is 0.500. The van der Waals surface area contributed by atoms with Gasteiger partial charge < -0.3 is 20.1 Å². The number of amides is 1. The number of nitrogens with one attached hydrogen (secondary N) is 3. The minimum absolute atomic E-state index is 0.00280. The van der Waals surface area contributed by atoms with Crippen LogP contribution in [0.5, 0.6) is 11.5 Å². The number of carbonyl (C=O) groups excluding carboxylic acids is 1. The Hall–Kier alpha value is -3.01. The Morgan fingerprint density at radius 2 is 1.85 bits per heavy atom. The molecule has 1 aromatic heterocycles. The summed E-state index contributed by atoms with van der Waals surface area (Å²) in [6.07, 6.45) is -1.78. The summed E-state index contributed by atoms with van der Waals surface area (Å²) in [6, 6.07) is 4.66. The summed E-state index contributed by atoms with van der Waals surface area (Å²) in [7, 11) is 3.09. The molecule has 0 aliphatic carbocycles. The Kier molecular flexibility index (Phi) is 9.97. The van der Waals surface area contributed by atoms with Crippen molar-refractivity contribution in [3.8, 4) is 11.5 Å². The fourth-order valence-corrected chi connectivity index (χ4v) is 3.45. The van der Waals surface area contributed by atoms with E-state index < -0.39 is 24.2 Å². The lowest BCUT2D eigenvalue weighted by molar-refractivity contribution is -0.161. The van der Waals surface area contributed by atoms with Crippen LogP contribution in [0.25, 0.3) is 0 Å². The molecule has 3 atom stereocenters. The van der Waals surface area contributed by atoms with Crippen LogP contribution in [-0.4, -0.2) is 49.9 Å². The van der Waals surface area contributed by atoms with Gasteiger partial charge in [0.2, 0.25) is 5.91 Å². The number of rotatable bonds is 12. The number of alkyl halides is 3. The van der Waals surface area contributed by atoms with E-state index in [9.17, 15) is 18.0 Å². The Labute approximate surface area is 198 Å². The van der Waals surface area contributed by atoms with Gasteiger partial charge in [0.15, 0.2) is 0 Å². The summed E-state index contributed by atoms with van der Waals surface area (Å²) >= 11 is 0. The molecule has 0 fully saturated rings. The number of methoxy groups -OCH3 is 2. The molecule has 2 rings (SSSR count). The number of carbonyl (C=O) groups is 1. The standard InChI is InChI=1S/C24H33F3N4O3/c1-15(2)11-20(31-22(24(25,26)27)17-7-6-10-28-14-17)23(32)30-16(3)13-29-19-9-8-18(33-4)12-21(19)34-5/h6-10,12,14-16,20,22,29,31H,11,13H2,1-5H3,(H,30,32)/t16-,20-,22-/m0/s1. The average Bonchev–Trinajstić information content (AvgIpc) is 2.79. The molecule has 1 amide bonds. The van der Waals surface area contributed by atoms with Crippen LogP contribution in [0.3, 0.4) is 0 Å². The van der Waals surface area contributed by atoms with E-state index >= 15 is 0 Å². The monoisotopic (exact) mass is 482 g/mol. The van der Waals surface area contributed by atoms with E-state index in [1.54, 1.807) is 32.2 Å². The summed E-state index contributed by atoms with van der Waals surface area (Å²) in [5, 5.41) is 8.52. The number of nitrogens with zero attached hydrogens (tertiary/aromatic N) is 1. The van der Waals surface area contributed by atoms with Crippen LogP contribution in [0.4, 0.5) is 18.9 Å². The van der Waals surface area contributed by atoms with Gasteiger partial charge in [-0.05, 0) is 43.0 Å². The summed E-state index contributed by atoms with van der Waals surface area (Å²) < 4.78 is 52.0. The number of aromatic nitrogens is 1. The molecule has 34 heavy (non-hydrogen) atoms. The molecule has 10 heteroatoms. The predicted octanol–water partition coefficient (Wildman–Crippen LogP) is 4.32. The lowest BCUT2D eigenvalue weighted by atomic mass is 10.00. The lowest BCUT2D eigenvalue weighted by Gasteiger charge is -2.29. The maximum absolute atomic E-state index is 13.8. The first kappa shape index (κ1) is 27.2. The van der Waals surface area contributed by atoms with Crippen LogP contribution in [0.2, 0.25) is 0 Å². The van der Waals surface area contributed by atoms with Gasteiger partial charge in [0.25, 0.3) is 0 Å². The third kappa shape index (κ3) is 8.09. The summed E-state index contributed by atoms with van der Waals surface area (Å²) in [5.41, 5.74) is 0.660. The van der Waals surface area contributed by atoms with E-state index in [1.165, 1.54) is 25.4 Å². The first-order valence-corrected chi connectivity index (χ1v) is 11.0. The second-order valence-electron chi connectivity index (χ2n) is 8.47. The van der Waals surface area contributed by atoms with Crippen molar-refractivity contribution in [2.75, 3.05) is 26.1 Å². The van der Waals surface area contributed by atoms with Crippen molar-refractivity contribution in [3.05, 3.63) is 48.3 Å². The van der Waals surface area contributed by atoms with Gasteiger partial charge in [-0.3, -0.25) is 15.1 Å². The number of pyridine rings is 1. The molecule has 0 aliphatic rings.